The predicted octanol–water partition coefficient (Wildman–Crippen LogP) is 5.31. The van der Waals surface area contributed by atoms with E-state index in [-0.39, 0.29) is 11.9 Å². The summed E-state index contributed by atoms with van der Waals surface area (Å²) in [6.07, 6.45) is 0. The fourth-order valence-electron chi connectivity index (χ4n) is 3.32. The number of hydrogen-bond donors (Lipinski definition) is 1. The molecule has 1 aromatic heterocycles. The van der Waals surface area contributed by atoms with Gasteiger partial charge in [-0.05, 0) is 41.8 Å². The Bertz CT molecular complexity index is 1170. The van der Waals surface area contributed by atoms with Gasteiger partial charge < -0.3 is 9.84 Å². The highest BCUT2D eigenvalue weighted by molar-refractivity contribution is 7.99. The maximum absolute atomic E-state index is 12.4. The van der Waals surface area contributed by atoms with Gasteiger partial charge in [-0.2, -0.15) is 4.98 Å². The van der Waals surface area contributed by atoms with Gasteiger partial charge in [-0.1, -0.05) is 65.8 Å². The van der Waals surface area contributed by atoms with E-state index in [9.17, 15) is 4.79 Å². The number of aryl methyl sites for hydroxylation is 1. The highest BCUT2D eigenvalue weighted by Gasteiger charge is 2.13. The third-order valence-electron chi connectivity index (χ3n) is 4.96. The van der Waals surface area contributed by atoms with Crippen molar-refractivity contribution in [1.29, 1.82) is 0 Å². The number of nitrogens with zero attached hydrogens (tertiary/aromatic N) is 2. The lowest BCUT2D eigenvalue weighted by Gasteiger charge is -2.15. The highest BCUT2D eigenvalue weighted by Crippen LogP contribution is 2.22. The van der Waals surface area contributed by atoms with E-state index < -0.39 is 0 Å². The molecule has 5 nitrogen and oxygen atoms in total. The number of rotatable bonds is 7. The van der Waals surface area contributed by atoms with Crippen LogP contribution >= 0.6 is 11.8 Å². The molecule has 3 aromatic carbocycles. The molecule has 1 atom stereocenters. The van der Waals surface area contributed by atoms with Crippen LogP contribution in [0.15, 0.2) is 71.3 Å². The maximum Gasteiger partial charge on any atom is 0.236 e. The molecule has 0 saturated carbocycles. The minimum atomic E-state index is -0.0567. The Balaban J connectivity index is 1.29. The summed E-state index contributed by atoms with van der Waals surface area (Å²) in [7, 11) is 0. The Morgan fingerprint density at radius 3 is 2.67 bits per heavy atom. The fraction of sp³-hybridized carbons (Fsp3) is 0.208. The number of carbonyl (C=O) groups excluding carboxylic acids is 1. The van der Waals surface area contributed by atoms with Gasteiger partial charge in [0.1, 0.15) is 0 Å². The SMILES string of the molecule is Cc1ccccc1-c1noc(CSCC(=O)NC(C)c2ccc3ccccc3c2)n1. The quantitative estimate of drug-likeness (QED) is 0.441. The number of carbonyl (C=O) groups is 1. The van der Waals surface area contributed by atoms with Crippen molar-refractivity contribution in [2.75, 3.05) is 5.75 Å². The van der Waals surface area contributed by atoms with Crippen molar-refractivity contribution in [3.05, 3.63) is 83.7 Å². The van der Waals surface area contributed by atoms with Gasteiger partial charge in [0.15, 0.2) is 0 Å². The lowest BCUT2D eigenvalue weighted by Crippen LogP contribution is -2.28. The second kappa shape index (κ2) is 9.13. The first kappa shape index (κ1) is 20.2. The van der Waals surface area contributed by atoms with Gasteiger partial charge >= 0.3 is 0 Å². The summed E-state index contributed by atoms with van der Waals surface area (Å²) < 4.78 is 5.33. The van der Waals surface area contributed by atoms with E-state index in [1.807, 2.05) is 50.2 Å². The van der Waals surface area contributed by atoms with E-state index >= 15 is 0 Å². The number of aromatic nitrogens is 2. The number of fused-ring (bicyclic) bond motifs is 1. The number of hydrogen-bond acceptors (Lipinski definition) is 5. The molecule has 0 aliphatic carbocycles. The lowest BCUT2D eigenvalue weighted by atomic mass is 10.0. The van der Waals surface area contributed by atoms with Crippen molar-refractivity contribution in [3.63, 3.8) is 0 Å². The van der Waals surface area contributed by atoms with Crippen LogP contribution in [0, 0.1) is 6.92 Å². The van der Waals surface area contributed by atoms with E-state index in [4.69, 9.17) is 4.52 Å². The zero-order chi connectivity index (χ0) is 20.9. The summed E-state index contributed by atoms with van der Waals surface area (Å²) >= 11 is 1.46. The van der Waals surface area contributed by atoms with Crippen LogP contribution in [0.5, 0.6) is 0 Å². The van der Waals surface area contributed by atoms with E-state index in [1.165, 1.54) is 22.5 Å². The number of nitrogens with one attached hydrogen (secondary N) is 1. The van der Waals surface area contributed by atoms with Gasteiger partial charge in [-0.15, -0.1) is 11.8 Å². The molecule has 1 unspecified atom stereocenters. The van der Waals surface area contributed by atoms with Crippen molar-refractivity contribution >= 4 is 28.4 Å². The molecule has 4 aromatic rings. The third-order valence-corrected chi connectivity index (χ3v) is 5.88. The molecule has 0 aliphatic rings. The van der Waals surface area contributed by atoms with E-state index in [0.29, 0.717) is 23.2 Å². The molecule has 0 spiro atoms. The monoisotopic (exact) mass is 417 g/mol. The van der Waals surface area contributed by atoms with Gasteiger partial charge in [0, 0.05) is 5.56 Å². The first-order valence-corrected chi connectivity index (χ1v) is 11.0. The fourth-order valence-corrected chi connectivity index (χ4v) is 3.98. The van der Waals surface area contributed by atoms with Crippen LogP contribution < -0.4 is 5.32 Å². The minimum Gasteiger partial charge on any atom is -0.349 e. The van der Waals surface area contributed by atoms with E-state index in [0.717, 1.165) is 16.7 Å². The molecule has 30 heavy (non-hydrogen) atoms. The van der Waals surface area contributed by atoms with Gasteiger partial charge in [-0.3, -0.25) is 4.79 Å². The first-order chi connectivity index (χ1) is 14.6. The Hall–Kier alpha value is -3.12. The van der Waals surface area contributed by atoms with Crippen molar-refractivity contribution < 1.29 is 9.32 Å². The summed E-state index contributed by atoms with van der Waals surface area (Å²) in [4.78, 5) is 16.8. The van der Waals surface area contributed by atoms with Crippen molar-refractivity contribution in [3.8, 4) is 11.4 Å². The molecule has 6 heteroatoms. The van der Waals surface area contributed by atoms with Crippen LogP contribution in [0.2, 0.25) is 0 Å². The van der Waals surface area contributed by atoms with Crippen LogP contribution in [-0.2, 0) is 10.5 Å². The van der Waals surface area contributed by atoms with Crippen molar-refractivity contribution in [2.24, 2.45) is 0 Å². The summed E-state index contributed by atoms with van der Waals surface area (Å²) in [6.45, 7) is 4.01. The Kier molecular flexibility index (Phi) is 6.14. The molecule has 0 bridgehead atoms. The highest BCUT2D eigenvalue weighted by atomic mass is 32.2. The van der Waals surface area contributed by atoms with E-state index in [1.54, 1.807) is 0 Å². The molecule has 0 radical (unpaired) electrons. The molecule has 0 aliphatic heterocycles. The van der Waals surface area contributed by atoms with Crippen LogP contribution in [0.1, 0.15) is 30.0 Å². The number of amides is 1. The van der Waals surface area contributed by atoms with Gasteiger partial charge in [0.2, 0.25) is 17.6 Å². The molecule has 1 N–H and O–H groups in total. The summed E-state index contributed by atoms with van der Waals surface area (Å²) in [5, 5.41) is 9.48. The first-order valence-electron chi connectivity index (χ1n) is 9.84. The Morgan fingerprint density at radius 2 is 1.83 bits per heavy atom. The average molecular weight is 418 g/mol. The molecule has 1 amide bonds. The molecule has 4 rings (SSSR count). The van der Waals surface area contributed by atoms with Crippen LogP contribution in [0.4, 0.5) is 0 Å². The zero-order valence-electron chi connectivity index (χ0n) is 17.0. The molecule has 1 heterocycles. The van der Waals surface area contributed by atoms with Gasteiger partial charge in [0.25, 0.3) is 0 Å². The summed E-state index contributed by atoms with van der Waals surface area (Å²) in [5.74, 6) is 1.92. The standard InChI is InChI=1S/C24H23N3O2S/c1-16-7-3-6-10-21(16)24-26-23(29-27-24)15-30-14-22(28)25-17(2)19-12-11-18-8-4-5-9-20(18)13-19/h3-13,17H,14-15H2,1-2H3,(H,25,28). The van der Waals surface area contributed by atoms with Crippen LogP contribution in [0.3, 0.4) is 0 Å². The smallest absolute Gasteiger partial charge is 0.236 e. The predicted molar refractivity (Wildman–Crippen MR) is 121 cm³/mol. The minimum absolute atomic E-state index is 0.0145. The zero-order valence-corrected chi connectivity index (χ0v) is 17.8. The second-order valence-corrected chi connectivity index (χ2v) is 8.20. The normalized spacial score (nSPS) is 12.1. The molecule has 152 valence electrons. The number of benzene rings is 3. The van der Waals surface area contributed by atoms with Crippen molar-refractivity contribution in [2.45, 2.75) is 25.6 Å². The van der Waals surface area contributed by atoms with Crippen molar-refractivity contribution in [1.82, 2.24) is 15.5 Å². The third kappa shape index (κ3) is 4.71. The summed E-state index contributed by atoms with van der Waals surface area (Å²) in [6, 6.07) is 22.3. The number of thioether (sulfide) groups is 1. The second-order valence-electron chi connectivity index (χ2n) is 7.22. The Labute approximate surface area is 179 Å². The van der Waals surface area contributed by atoms with Crippen LogP contribution in [-0.4, -0.2) is 21.8 Å². The van der Waals surface area contributed by atoms with Crippen LogP contribution in [0.25, 0.3) is 22.2 Å². The largest absolute Gasteiger partial charge is 0.349 e. The molecular formula is C24H23N3O2S. The molecular weight excluding hydrogens is 394 g/mol. The molecule has 0 fully saturated rings. The molecule has 0 saturated heterocycles. The van der Waals surface area contributed by atoms with E-state index in [2.05, 4.69) is 45.8 Å². The average Bonchev–Trinajstić information content (AvgIpc) is 3.22. The van der Waals surface area contributed by atoms with Gasteiger partial charge in [0.05, 0.1) is 17.5 Å². The summed E-state index contributed by atoms with van der Waals surface area (Å²) in [5.41, 5.74) is 3.14. The van der Waals surface area contributed by atoms with Gasteiger partial charge in [-0.25, -0.2) is 0 Å². The lowest BCUT2D eigenvalue weighted by molar-refractivity contribution is -0.119. The maximum atomic E-state index is 12.4. The Morgan fingerprint density at radius 1 is 1.07 bits per heavy atom. The topological polar surface area (TPSA) is 68.0 Å².